The molecule has 0 heterocycles. The van der Waals surface area contributed by atoms with E-state index >= 15 is 0 Å². The number of thioether (sulfide) groups is 1. The first-order valence-corrected chi connectivity index (χ1v) is 4.74. The highest BCUT2D eigenvalue weighted by atomic mass is 32.2. The Kier molecular flexibility index (Phi) is 6.65. The van der Waals surface area contributed by atoms with Crippen molar-refractivity contribution >= 4 is 11.8 Å². The maximum atomic E-state index is 5.39. The van der Waals surface area contributed by atoms with Crippen molar-refractivity contribution in [2.24, 2.45) is 0 Å². The van der Waals surface area contributed by atoms with Crippen LogP contribution in [0.15, 0.2) is 0 Å². The molecule has 0 N–H and O–H groups in total. The Morgan fingerprint density at radius 3 is 2.67 bits per heavy atom. The topological polar surface area (TPSA) is 9.23 Å². The van der Waals surface area contributed by atoms with E-state index in [0.29, 0.717) is 5.44 Å². The summed E-state index contributed by atoms with van der Waals surface area (Å²) in [5, 5.41) is 0. The molecule has 1 unspecified atom stereocenters. The van der Waals surface area contributed by atoms with Crippen LogP contribution in [0.5, 0.6) is 0 Å². The van der Waals surface area contributed by atoms with E-state index in [-0.39, 0.29) is 0 Å². The molecule has 0 amide bonds. The lowest BCUT2D eigenvalue weighted by Crippen LogP contribution is -2.03. The lowest BCUT2D eigenvalue weighted by atomic mass is 10.4. The Morgan fingerprint density at radius 1 is 1.56 bits per heavy atom. The van der Waals surface area contributed by atoms with Crippen LogP contribution in [0, 0.1) is 0 Å². The zero-order valence-corrected chi connectivity index (χ0v) is 7.33. The SMILES string of the molecule is CCCCOC(C)SC. The van der Waals surface area contributed by atoms with Gasteiger partial charge in [-0.05, 0) is 19.6 Å². The predicted octanol–water partition coefficient (Wildman–Crippen LogP) is 2.51. The molecule has 0 rings (SSSR count). The van der Waals surface area contributed by atoms with Gasteiger partial charge in [0.15, 0.2) is 0 Å². The molecule has 0 aromatic heterocycles. The molecule has 0 aliphatic rings. The minimum atomic E-state index is 0.372. The van der Waals surface area contributed by atoms with E-state index < -0.39 is 0 Å². The Morgan fingerprint density at radius 2 is 2.22 bits per heavy atom. The third-order valence-electron chi connectivity index (χ3n) is 1.18. The zero-order valence-electron chi connectivity index (χ0n) is 6.52. The summed E-state index contributed by atoms with van der Waals surface area (Å²) in [5.74, 6) is 0. The molecule has 9 heavy (non-hydrogen) atoms. The average Bonchev–Trinajstić information content (AvgIpc) is 1.89. The number of hydrogen-bond acceptors (Lipinski definition) is 2. The van der Waals surface area contributed by atoms with Gasteiger partial charge in [0.1, 0.15) is 0 Å². The van der Waals surface area contributed by atoms with Crippen LogP contribution < -0.4 is 0 Å². The van der Waals surface area contributed by atoms with Crippen molar-refractivity contribution < 1.29 is 4.74 Å². The molecule has 0 aliphatic carbocycles. The molecule has 56 valence electrons. The fourth-order valence-corrected chi connectivity index (χ4v) is 0.694. The van der Waals surface area contributed by atoms with E-state index in [9.17, 15) is 0 Å². The van der Waals surface area contributed by atoms with Crippen LogP contribution in [0.25, 0.3) is 0 Å². The minimum absolute atomic E-state index is 0.372. The number of unbranched alkanes of at least 4 members (excludes halogenated alkanes) is 1. The summed E-state index contributed by atoms with van der Waals surface area (Å²) in [6.07, 6.45) is 4.47. The van der Waals surface area contributed by atoms with Gasteiger partial charge in [0, 0.05) is 6.61 Å². The van der Waals surface area contributed by atoms with E-state index in [1.54, 1.807) is 11.8 Å². The van der Waals surface area contributed by atoms with E-state index in [0.717, 1.165) is 6.61 Å². The fraction of sp³-hybridized carbons (Fsp3) is 1.00. The van der Waals surface area contributed by atoms with Crippen LogP contribution in [-0.2, 0) is 4.74 Å². The van der Waals surface area contributed by atoms with Gasteiger partial charge in [0.25, 0.3) is 0 Å². The second-order valence-electron chi connectivity index (χ2n) is 2.03. The average molecular weight is 148 g/mol. The zero-order chi connectivity index (χ0) is 7.11. The highest BCUT2D eigenvalue weighted by Crippen LogP contribution is 2.06. The van der Waals surface area contributed by atoms with Crippen LogP contribution in [-0.4, -0.2) is 18.3 Å². The van der Waals surface area contributed by atoms with Gasteiger partial charge in [0.05, 0.1) is 5.44 Å². The molecule has 0 aromatic carbocycles. The molecule has 0 saturated carbocycles. The summed E-state index contributed by atoms with van der Waals surface area (Å²) < 4.78 is 5.39. The molecule has 0 spiro atoms. The van der Waals surface area contributed by atoms with Gasteiger partial charge in [0.2, 0.25) is 0 Å². The molecule has 1 atom stereocenters. The first-order chi connectivity index (χ1) is 4.31. The summed E-state index contributed by atoms with van der Waals surface area (Å²) in [6, 6.07) is 0. The summed E-state index contributed by atoms with van der Waals surface area (Å²) in [6.45, 7) is 5.17. The quantitative estimate of drug-likeness (QED) is 0.437. The van der Waals surface area contributed by atoms with Gasteiger partial charge in [-0.1, -0.05) is 13.3 Å². The van der Waals surface area contributed by atoms with Gasteiger partial charge in [-0.2, -0.15) is 0 Å². The van der Waals surface area contributed by atoms with E-state index in [4.69, 9.17) is 4.74 Å². The van der Waals surface area contributed by atoms with Crippen LogP contribution in [0.1, 0.15) is 26.7 Å². The molecule has 0 radical (unpaired) electrons. The first kappa shape index (κ1) is 9.31. The summed E-state index contributed by atoms with van der Waals surface area (Å²) in [4.78, 5) is 0. The van der Waals surface area contributed by atoms with E-state index in [2.05, 4.69) is 20.1 Å². The van der Waals surface area contributed by atoms with E-state index in [1.807, 2.05) is 0 Å². The Hall–Kier alpha value is 0.310. The standard InChI is InChI=1S/C7H16OS/c1-4-5-6-8-7(2)9-3/h7H,4-6H2,1-3H3. The monoisotopic (exact) mass is 148 g/mol. The maximum Gasteiger partial charge on any atom is 0.0996 e. The lowest BCUT2D eigenvalue weighted by Gasteiger charge is -2.08. The Labute approximate surface area is 62.2 Å². The van der Waals surface area contributed by atoms with Gasteiger partial charge < -0.3 is 4.74 Å². The van der Waals surface area contributed by atoms with Gasteiger partial charge in [-0.3, -0.25) is 0 Å². The fourth-order valence-electron chi connectivity index (χ4n) is 0.462. The van der Waals surface area contributed by atoms with E-state index in [1.165, 1.54) is 12.8 Å². The smallest absolute Gasteiger partial charge is 0.0996 e. The van der Waals surface area contributed by atoms with Gasteiger partial charge >= 0.3 is 0 Å². The molecule has 0 aliphatic heterocycles. The summed E-state index contributed by atoms with van der Waals surface area (Å²) in [7, 11) is 0. The molecule has 0 bridgehead atoms. The van der Waals surface area contributed by atoms with Crippen molar-refractivity contribution in [3.63, 3.8) is 0 Å². The third kappa shape index (κ3) is 6.19. The van der Waals surface area contributed by atoms with Crippen molar-refractivity contribution in [2.75, 3.05) is 12.9 Å². The number of ether oxygens (including phenoxy) is 1. The largest absolute Gasteiger partial charge is 0.368 e. The highest BCUT2D eigenvalue weighted by Gasteiger charge is 1.95. The Balaban J connectivity index is 2.88. The predicted molar refractivity (Wildman–Crippen MR) is 43.8 cm³/mol. The van der Waals surface area contributed by atoms with Crippen molar-refractivity contribution in [3.8, 4) is 0 Å². The highest BCUT2D eigenvalue weighted by molar-refractivity contribution is 7.99. The third-order valence-corrected chi connectivity index (χ3v) is 1.98. The van der Waals surface area contributed by atoms with Crippen molar-refractivity contribution in [1.29, 1.82) is 0 Å². The number of hydrogen-bond donors (Lipinski definition) is 0. The van der Waals surface area contributed by atoms with Crippen LogP contribution in [0.4, 0.5) is 0 Å². The van der Waals surface area contributed by atoms with Crippen molar-refractivity contribution in [1.82, 2.24) is 0 Å². The molecule has 0 aromatic rings. The second kappa shape index (κ2) is 6.43. The molecular formula is C7H16OS. The Bertz CT molecular complexity index is 56.9. The molecule has 2 heteroatoms. The van der Waals surface area contributed by atoms with Crippen molar-refractivity contribution in [3.05, 3.63) is 0 Å². The number of rotatable bonds is 5. The summed E-state index contributed by atoms with van der Waals surface area (Å²) in [5.41, 5.74) is 0.372. The maximum absolute atomic E-state index is 5.39. The normalized spacial score (nSPS) is 13.7. The molecular weight excluding hydrogens is 132 g/mol. The van der Waals surface area contributed by atoms with Gasteiger partial charge in [-0.15, -0.1) is 11.8 Å². The van der Waals surface area contributed by atoms with Crippen LogP contribution >= 0.6 is 11.8 Å². The van der Waals surface area contributed by atoms with Crippen molar-refractivity contribution in [2.45, 2.75) is 32.1 Å². The summed E-state index contributed by atoms with van der Waals surface area (Å²) >= 11 is 1.75. The lowest BCUT2D eigenvalue weighted by molar-refractivity contribution is 0.121. The van der Waals surface area contributed by atoms with Crippen LogP contribution in [0.3, 0.4) is 0 Å². The first-order valence-electron chi connectivity index (χ1n) is 3.45. The van der Waals surface area contributed by atoms with Crippen LogP contribution in [0.2, 0.25) is 0 Å². The second-order valence-corrected chi connectivity index (χ2v) is 3.16. The molecule has 1 nitrogen and oxygen atoms in total. The minimum Gasteiger partial charge on any atom is -0.368 e. The van der Waals surface area contributed by atoms with Gasteiger partial charge in [-0.25, -0.2) is 0 Å². The molecule has 0 saturated heterocycles. The molecule has 0 fully saturated rings.